The minimum atomic E-state index is -4.10. The molecule has 0 amide bonds. The van der Waals surface area contributed by atoms with E-state index in [1.54, 1.807) is 0 Å². The first-order chi connectivity index (χ1) is 5.99. The molecule has 1 aliphatic carbocycles. The van der Waals surface area contributed by atoms with Gasteiger partial charge in [-0.2, -0.15) is 13.2 Å². The van der Waals surface area contributed by atoms with Crippen LogP contribution in [0.4, 0.5) is 13.2 Å². The fraction of sp³-hybridized carbons (Fsp3) is 1.00. The maximum absolute atomic E-state index is 12.0. The molecule has 0 aliphatic heterocycles. The number of halogens is 3. The monoisotopic (exact) mass is 195 g/mol. The lowest BCUT2D eigenvalue weighted by molar-refractivity contribution is -0.141. The first-order valence-electron chi connectivity index (χ1n) is 4.81. The van der Waals surface area contributed by atoms with Crippen molar-refractivity contribution in [3.05, 3.63) is 0 Å². The standard InChI is InChI=1S/C9H16F3N/c10-9(11,12)6-8(13)7-4-2-1-3-5-7/h7-8H,1-6,13H2. The zero-order valence-electron chi connectivity index (χ0n) is 7.61. The largest absolute Gasteiger partial charge is 0.390 e. The molecule has 1 nitrogen and oxygen atoms in total. The van der Waals surface area contributed by atoms with Crippen molar-refractivity contribution in [2.24, 2.45) is 11.7 Å². The summed E-state index contributed by atoms with van der Waals surface area (Å²) in [5, 5.41) is 0. The molecule has 13 heavy (non-hydrogen) atoms. The van der Waals surface area contributed by atoms with Gasteiger partial charge in [-0.1, -0.05) is 19.3 Å². The molecule has 0 spiro atoms. The summed E-state index contributed by atoms with van der Waals surface area (Å²) in [7, 11) is 0. The lowest BCUT2D eigenvalue weighted by atomic mass is 9.83. The number of hydrogen-bond acceptors (Lipinski definition) is 1. The van der Waals surface area contributed by atoms with Crippen molar-refractivity contribution in [2.45, 2.75) is 50.7 Å². The zero-order valence-corrected chi connectivity index (χ0v) is 7.61. The van der Waals surface area contributed by atoms with Gasteiger partial charge in [-0.15, -0.1) is 0 Å². The lowest BCUT2D eigenvalue weighted by Gasteiger charge is -2.27. The third-order valence-electron chi connectivity index (χ3n) is 2.72. The van der Waals surface area contributed by atoms with Crippen LogP contribution >= 0.6 is 0 Å². The Balaban J connectivity index is 2.33. The van der Waals surface area contributed by atoms with Crippen molar-refractivity contribution >= 4 is 0 Å². The Kier molecular flexibility index (Phi) is 3.59. The predicted octanol–water partition coefficient (Wildman–Crippen LogP) is 2.85. The van der Waals surface area contributed by atoms with Gasteiger partial charge in [-0.25, -0.2) is 0 Å². The van der Waals surface area contributed by atoms with Crippen LogP contribution in [0.5, 0.6) is 0 Å². The van der Waals surface area contributed by atoms with Crippen LogP contribution in [0.25, 0.3) is 0 Å². The molecule has 0 aromatic carbocycles. The van der Waals surface area contributed by atoms with Crippen molar-refractivity contribution in [1.82, 2.24) is 0 Å². The highest BCUT2D eigenvalue weighted by Gasteiger charge is 2.33. The molecule has 0 bridgehead atoms. The Morgan fingerprint density at radius 3 is 2.15 bits per heavy atom. The summed E-state index contributed by atoms with van der Waals surface area (Å²) in [4.78, 5) is 0. The second-order valence-electron chi connectivity index (χ2n) is 3.88. The van der Waals surface area contributed by atoms with Gasteiger partial charge in [0.25, 0.3) is 0 Å². The quantitative estimate of drug-likeness (QED) is 0.720. The van der Waals surface area contributed by atoms with Gasteiger partial charge in [-0.3, -0.25) is 0 Å². The van der Waals surface area contributed by atoms with E-state index in [0.717, 1.165) is 32.1 Å². The van der Waals surface area contributed by atoms with Gasteiger partial charge in [0.05, 0.1) is 6.42 Å². The molecule has 1 fully saturated rings. The zero-order chi connectivity index (χ0) is 9.90. The molecular weight excluding hydrogens is 179 g/mol. The molecule has 78 valence electrons. The Bertz CT molecular complexity index is 149. The van der Waals surface area contributed by atoms with Gasteiger partial charge in [0, 0.05) is 6.04 Å². The van der Waals surface area contributed by atoms with Gasteiger partial charge < -0.3 is 5.73 Å². The maximum atomic E-state index is 12.0. The van der Waals surface area contributed by atoms with E-state index in [4.69, 9.17) is 5.73 Å². The smallest absolute Gasteiger partial charge is 0.327 e. The van der Waals surface area contributed by atoms with Crippen molar-refractivity contribution in [3.63, 3.8) is 0 Å². The van der Waals surface area contributed by atoms with Crippen LogP contribution in [0.15, 0.2) is 0 Å². The summed E-state index contributed by atoms with van der Waals surface area (Å²) in [6.45, 7) is 0. The normalized spacial score (nSPS) is 23.1. The molecule has 0 aromatic rings. The molecule has 0 heterocycles. The predicted molar refractivity (Wildman–Crippen MR) is 45.2 cm³/mol. The number of hydrogen-bond donors (Lipinski definition) is 1. The van der Waals surface area contributed by atoms with Gasteiger partial charge in [-0.05, 0) is 18.8 Å². The molecule has 1 atom stereocenters. The summed E-state index contributed by atoms with van der Waals surface area (Å²) < 4.78 is 35.9. The van der Waals surface area contributed by atoms with Crippen LogP contribution in [0, 0.1) is 5.92 Å². The molecule has 1 unspecified atom stereocenters. The average Bonchev–Trinajstić information content (AvgIpc) is 2.03. The maximum Gasteiger partial charge on any atom is 0.390 e. The van der Waals surface area contributed by atoms with Gasteiger partial charge in [0.1, 0.15) is 0 Å². The van der Waals surface area contributed by atoms with E-state index in [0.29, 0.717) is 0 Å². The Morgan fingerprint density at radius 2 is 1.69 bits per heavy atom. The van der Waals surface area contributed by atoms with Gasteiger partial charge in [0.15, 0.2) is 0 Å². The van der Waals surface area contributed by atoms with Crippen molar-refractivity contribution in [1.29, 1.82) is 0 Å². The van der Waals surface area contributed by atoms with Crippen LogP contribution in [0.2, 0.25) is 0 Å². The topological polar surface area (TPSA) is 26.0 Å². The van der Waals surface area contributed by atoms with Crippen LogP contribution in [-0.4, -0.2) is 12.2 Å². The van der Waals surface area contributed by atoms with E-state index in [2.05, 4.69) is 0 Å². The van der Waals surface area contributed by atoms with Crippen LogP contribution in [0.1, 0.15) is 38.5 Å². The van der Waals surface area contributed by atoms with Gasteiger partial charge >= 0.3 is 6.18 Å². The summed E-state index contributed by atoms with van der Waals surface area (Å²) in [6.07, 6.45) is 0.0463. The molecule has 1 aliphatic rings. The molecule has 0 aromatic heterocycles. The molecule has 1 rings (SSSR count). The highest BCUT2D eigenvalue weighted by molar-refractivity contribution is 4.78. The minimum absolute atomic E-state index is 0.0929. The van der Waals surface area contributed by atoms with E-state index >= 15 is 0 Å². The fourth-order valence-corrected chi connectivity index (χ4v) is 2.00. The van der Waals surface area contributed by atoms with Crippen LogP contribution in [-0.2, 0) is 0 Å². The Morgan fingerprint density at radius 1 is 1.15 bits per heavy atom. The van der Waals surface area contributed by atoms with E-state index in [9.17, 15) is 13.2 Å². The molecule has 1 saturated carbocycles. The van der Waals surface area contributed by atoms with Crippen molar-refractivity contribution in [3.8, 4) is 0 Å². The highest BCUT2D eigenvalue weighted by atomic mass is 19.4. The first kappa shape index (κ1) is 10.8. The van der Waals surface area contributed by atoms with E-state index < -0.39 is 18.6 Å². The third kappa shape index (κ3) is 3.98. The van der Waals surface area contributed by atoms with E-state index in [1.807, 2.05) is 0 Å². The number of rotatable bonds is 2. The second kappa shape index (κ2) is 4.31. The van der Waals surface area contributed by atoms with Crippen molar-refractivity contribution < 1.29 is 13.2 Å². The molecule has 4 heteroatoms. The highest BCUT2D eigenvalue weighted by Crippen LogP contribution is 2.31. The molecule has 0 radical (unpaired) electrons. The summed E-state index contributed by atoms with van der Waals surface area (Å²) in [6, 6.07) is -0.680. The number of nitrogens with two attached hydrogens (primary N) is 1. The third-order valence-corrected chi connectivity index (χ3v) is 2.72. The Hall–Kier alpha value is -0.250. The molecular formula is C9H16F3N. The van der Waals surface area contributed by atoms with Crippen molar-refractivity contribution in [2.75, 3.05) is 0 Å². The summed E-state index contributed by atoms with van der Waals surface area (Å²) in [5.74, 6) is 0.0929. The minimum Gasteiger partial charge on any atom is -0.327 e. The van der Waals surface area contributed by atoms with E-state index in [-0.39, 0.29) is 5.92 Å². The Labute approximate surface area is 76.5 Å². The van der Waals surface area contributed by atoms with Crippen LogP contribution in [0.3, 0.4) is 0 Å². The average molecular weight is 195 g/mol. The van der Waals surface area contributed by atoms with Gasteiger partial charge in [0.2, 0.25) is 0 Å². The lowest BCUT2D eigenvalue weighted by Crippen LogP contribution is -2.35. The first-order valence-corrected chi connectivity index (χ1v) is 4.81. The SMILES string of the molecule is NC(CC(F)(F)F)C1CCCCC1. The second-order valence-corrected chi connectivity index (χ2v) is 3.88. The number of alkyl halides is 3. The fourth-order valence-electron chi connectivity index (χ4n) is 2.00. The molecule has 2 N–H and O–H groups in total. The van der Waals surface area contributed by atoms with Crippen LogP contribution < -0.4 is 5.73 Å². The van der Waals surface area contributed by atoms with E-state index in [1.165, 1.54) is 0 Å². The molecule has 0 saturated heterocycles. The summed E-state index contributed by atoms with van der Waals surface area (Å²) in [5.41, 5.74) is 5.51. The summed E-state index contributed by atoms with van der Waals surface area (Å²) >= 11 is 0.